The van der Waals surface area contributed by atoms with Crippen molar-refractivity contribution in [1.82, 2.24) is 9.62 Å². The molecule has 3 rings (SSSR count). The summed E-state index contributed by atoms with van der Waals surface area (Å²) in [7, 11) is -7.16. The highest BCUT2D eigenvalue weighted by Crippen LogP contribution is 2.23. The quantitative estimate of drug-likeness (QED) is 0.437. The lowest BCUT2D eigenvalue weighted by molar-refractivity contribution is -0.119. The van der Waals surface area contributed by atoms with Gasteiger partial charge in [-0.3, -0.25) is 9.10 Å². The monoisotopic (exact) mass is 573 g/mol. The van der Waals surface area contributed by atoms with Crippen molar-refractivity contribution in [2.24, 2.45) is 0 Å². The maximum atomic E-state index is 12.7. The number of ether oxygens (including phenoxy) is 1. The van der Waals surface area contributed by atoms with Crippen LogP contribution in [0.3, 0.4) is 0 Å². The Morgan fingerprint density at radius 2 is 1.74 bits per heavy atom. The van der Waals surface area contributed by atoms with Crippen LogP contribution in [-0.2, 0) is 24.8 Å². The number of hydrogen-bond donors (Lipinski definition) is 1. The zero-order valence-corrected chi connectivity index (χ0v) is 22.0. The van der Waals surface area contributed by atoms with Gasteiger partial charge in [-0.1, -0.05) is 28.4 Å². The number of benzene rings is 2. The largest absolute Gasteiger partial charge is 0.492 e. The number of rotatable bonds is 10. The van der Waals surface area contributed by atoms with Crippen molar-refractivity contribution in [1.29, 1.82) is 0 Å². The van der Waals surface area contributed by atoms with E-state index in [1.54, 1.807) is 36.4 Å². The Balaban J connectivity index is 1.49. The lowest BCUT2D eigenvalue weighted by atomic mass is 10.2. The maximum Gasteiger partial charge on any atom is 0.243 e. The van der Waals surface area contributed by atoms with Gasteiger partial charge >= 0.3 is 0 Å². The molecule has 1 saturated heterocycles. The molecule has 0 radical (unpaired) electrons. The second-order valence-electron chi connectivity index (χ2n) is 7.88. The highest BCUT2D eigenvalue weighted by molar-refractivity contribution is 9.10. The van der Waals surface area contributed by atoms with Crippen LogP contribution in [0.5, 0.6) is 5.75 Å². The Labute approximate surface area is 209 Å². The van der Waals surface area contributed by atoms with Crippen molar-refractivity contribution < 1.29 is 26.4 Å². The molecule has 1 aliphatic rings. The number of anilines is 1. The first-order chi connectivity index (χ1) is 16.1. The molecule has 1 heterocycles. The first-order valence-electron chi connectivity index (χ1n) is 10.8. The van der Waals surface area contributed by atoms with Gasteiger partial charge in [0.2, 0.25) is 26.0 Å². The number of amides is 1. The van der Waals surface area contributed by atoms with Crippen LogP contribution in [0.25, 0.3) is 0 Å². The van der Waals surface area contributed by atoms with Gasteiger partial charge in [0.15, 0.2) is 0 Å². The summed E-state index contributed by atoms with van der Waals surface area (Å²) in [5, 5.41) is 2.63. The lowest BCUT2D eigenvalue weighted by Crippen LogP contribution is -2.41. The first-order valence-corrected chi connectivity index (χ1v) is 14.9. The molecule has 186 valence electrons. The molecule has 1 N–H and O–H groups in total. The summed E-state index contributed by atoms with van der Waals surface area (Å²) < 4.78 is 58.5. The molecule has 0 unspecified atom stereocenters. The number of piperidine rings is 1. The van der Waals surface area contributed by atoms with E-state index < -0.39 is 26.0 Å². The minimum atomic E-state index is -3.66. The molecule has 0 aromatic heterocycles. The molecule has 1 fully saturated rings. The average Bonchev–Trinajstić information content (AvgIpc) is 2.80. The smallest absolute Gasteiger partial charge is 0.243 e. The van der Waals surface area contributed by atoms with Crippen molar-refractivity contribution in [3.8, 4) is 5.75 Å². The Kier molecular flexibility index (Phi) is 8.96. The first kappa shape index (κ1) is 26.5. The van der Waals surface area contributed by atoms with Gasteiger partial charge in [-0.25, -0.2) is 16.8 Å². The van der Waals surface area contributed by atoms with Crippen LogP contribution >= 0.6 is 15.9 Å². The number of nitrogens with zero attached hydrogens (tertiary/aromatic N) is 2. The van der Waals surface area contributed by atoms with Crippen LogP contribution in [0.15, 0.2) is 57.9 Å². The molecule has 1 amide bonds. The van der Waals surface area contributed by atoms with Gasteiger partial charge < -0.3 is 10.1 Å². The molecule has 1 aliphatic heterocycles. The van der Waals surface area contributed by atoms with E-state index in [1.165, 1.54) is 16.4 Å². The third kappa shape index (κ3) is 7.17. The molecule has 0 spiro atoms. The topological polar surface area (TPSA) is 113 Å². The summed E-state index contributed by atoms with van der Waals surface area (Å²) in [5.74, 6) is -0.00397. The molecule has 0 aliphatic carbocycles. The Hall–Kier alpha value is -2.15. The summed E-state index contributed by atoms with van der Waals surface area (Å²) in [4.78, 5) is 12.5. The minimum Gasteiger partial charge on any atom is -0.492 e. The summed E-state index contributed by atoms with van der Waals surface area (Å²) in [5.41, 5.74) is 0.378. The van der Waals surface area contributed by atoms with Gasteiger partial charge in [0.1, 0.15) is 18.9 Å². The van der Waals surface area contributed by atoms with Crippen LogP contribution in [-0.4, -0.2) is 66.1 Å². The average molecular weight is 575 g/mol. The van der Waals surface area contributed by atoms with Gasteiger partial charge in [0.05, 0.1) is 23.4 Å². The second-order valence-corrected chi connectivity index (χ2v) is 12.6. The third-order valence-corrected chi connectivity index (χ3v) is 8.80. The van der Waals surface area contributed by atoms with Crippen LogP contribution in [0.1, 0.15) is 19.3 Å². The molecule has 9 nitrogen and oxygen atoms in total. The fourth-order valence-electron chi connectivity index (χ4n) is 3.54. The van der Waals surface area contributed by atoms with E-state index in [2.05, 4.69) is 21.2 Å². The zero-order valence-electron chi connectivity index (χ0n) is 18.8. The Bertz CT molecular complexity index is 1200. The van der Waals surface area contributed by atoms with E-state index >= 15 is 0 Å². The Morgan fingerprint density at radius 1 is 1.06 bits per heavy atom. The van der Waals surface area contributed by atoms with Crippen molar-refractivity contribution in [2.75, 3.05) is 43.3 Å². The molecule has 2 aromatic rings. The van der Waals surface area contributed by atoms with E-state index in [0.29, 0.717) is 29.0 Å². The van der Waals surface area contributed by atoms with Gasteiger partial charge in [-0.2, -0.15) is 4.31 Å². The zero-order chi connectivity index (χ0) is 24.8. The molecule has 12 heteroatoms. The van der Waals surface area contributed by atoms with Gasteiger partial charge in [0, 0.05) is 17.6 Å². The van der Waals surface area contributed by atoms with Crippen molar-refractivity contribution in [3.05, 3.63) is 53.0 Å². The van der Waals surface area contributed by atoms with E-state index in [4.69, 9.17) is 4.74 Å². The van der Waals surface area contributed by atoms with Gasteiger partial charge in [-0.15, -0.1) is 0 Å². The van der Waals surface area contributed by atoms with Crippen molar-refractivity contribution in [3.63, 3.8) is 0 Å². The third-order valence-electron chi connectivity index (χ3n) is 5.25. The highest BCUT2D eigenvalue weighted by atomic mass is 79.9. The summed E-state index contributed by atoms with van der Waals surface area (Å²) in [6.07, 6.45) is 3.83. The molecular formula is C22H28BrN3O6S2. The highest BCUT2D eigenvalue weighted by Gasteiger charge is 2.25. The second kappa shape index (κ2) is 11.5. The van der Waals surface area contributed by atoms with E-state index in [0.717, 1.165) is 29.8 Å². The van der Waals surface area contributed by atoms with Crippen LogP contribution in [0, 0.1) is 0 Å². The summed E-state index contributed by atoms with van der Waals surface area (Å²) >= 11 is 3.30. The fourth-order valence-corrected chi connectivity index (χ4v) is 6.29. The van der Waals surface area contributed by atoms with E-state index in [9.17, 15) is 21.6 Å². The number of carbonyl (C=O) groups excluding carboxylic acids is 1. The van der Waals surface area contributed by atoms with Crippen LogP contribution in [0.2, 0.25) is 0 Å². The van der Waals surface area contributed by atoms with Crippen LogP contribution < -0.4 is 14.4 Å². The molecule has 0 atom stereocenters. The maximum absolute atomic E-state index is 12.7. The summed E-state index contributed by atoms with van der Waals surface area (Å²) in [6, 6.07) is 12.9. The fraction of sp³-hybridized carbons (Fsp3) is 0.409. The number of carbonyl (C=O) groups is 1. The van der Waals surface area contributed by atoms with Crippen molar-refractivity contribution >= 4 is 47.6 Å². The normalized spacial score (nSPS) is 15.0. The number of halogens is 1. The SMILES string of the molecule is CS(=O)(=O)N(CC(=O)NCCOc1ccc(S(=O)(=O)N2CCCCC2)cc1)c1cccc(Br)c1. The van der Waals surface area contributed by atoms with Crippen molar-refractivity contribution in [2.45, 2.75) is 24.2 Å². The van der Waals surface area contributed by atoms with Gasteiger partial charge in [-0.05, 0) is 55.3 Å². The molecule has 34 heavy (non-hydrogen) atoms. The molecular weight excluding hydrogens is 546 g/mol. The molecule has 0 saturated carbocycles. The molecule has 2 aromatic carbocycles. The predicted octanol–water partition coefficient (Wildman–Crippen LogP) is 2.58. The number of nitrogens with one attached hydrogen (secondary N) is 1. The predicted molar refractivity (Wildman–Crippen MR) is 134 cm³/mol. The van der Waals surface area contributed by atoms with Crippen LogP contribution in [0.4, 0.5) is 5.69 Å². The standard InChI is InChI=1S/C22H28BrN3O6S2/c1-33(28,29)26(19-7-5-6-18(23)16-19)17-22(27)24-12-15-32-20-8-10-21(11-9-20)34(30,31)25-13-3-2-4-14-25/h5-11,16H,2-4,12-15,17H2,1H3,(H,24,27). The van der Waals surface area contributed by atoms with E-state index in [-0.39, 0.29) is 24.6 Å². The summed E-state index contributed by atoms with van der Waals surface area (Å²) in [6.45, 7) is 1.01. The van der Waals surface area contributed by atoms with Gasteiger partial charge in [0.25, 0.3) is 0 Å². The van der Waals surface area contributed by atoms with E-state index in [1.807, 2.05) is 0 Å². The number of hydrogen-bond acceptors (Lipinski definition) is 6. The minimum absolute atomic E-state index is 0.139. The number of sulfonamides is 2. The Morgan fingerprint density at radius 3 is 2.35 bits per heavy atom. The lowest BCUT2D eigenvalue weighted by Gasteiger charge is -2.25. The molecule has 0 bridgehead atoms.